The third-order valence-electron chi connectivity index (χ3n) is 5.67. The minimum Gasteiger partial charge on any atom is -0.339 e. The molecule has 0 atom stereocenters. The first-order chi connectivity index (χ1) is 14.2. The second-order valence-corrected chi connectivity index (χ2v) is 7.72. The molecular formula is C25H29N3O. The van der Waals surface area contributed by atoms with Gasteiger partial charge in [0.1, 0.15) is 5.69 Å². The van der Waals surface area contributed by atoms with E-state index in [2.05, 4.69) is 64.9 Å². The van der Waals surface area contributed by atoms with Crippen LogP contribution in [0.1, 0.15) is 40.7 Å². The molecule has 1 amide bonds. The summed E-state index contributed by atoms with van der Waals surface area (Å²) in [5.74, 6) is 0.124. The van der Waals surface area contributed by atoms with Crippen molar-refractivity contribution in [2.75, 3.05) is 13.1 Å². The largest absolute Gasteiger partial charge is 0.339 e. The van der Waals surface area contributed by atoms with Crippen molar-refractivity contribution in [2.45, 2.75) is 39.5 Å². The van der Waals surface area contributed by atoms with E-state index in [9.17, 15) is 4.79 Å². The quantitative estimate of drug-likeness (QED) is 0.620. The zero-order valence-corrected chi connectivity index (χ0v) is 17.1. The number of hydrogen-bond acceptors (Lipinski definition) is 2. The van der Waals surface area contributed by atoms with E-state index in [-0.39, 0.29) is 5.91 Å². The summed E-state index contributed by atoms with van der Waals surface area (Å²) in [5, 5.41) is 0. The summed E-state index contributed by atoms with van der Waals surface area (Å²) in [4.78, 5) is 17.7. The van der Waals surface area contributed by atoms with Gasteiger partial charge in [0.2, 0.25) is 0 Å². The van der Waals surface area contributed by atoms with Crippen molar-refractivity contribution in [3.8, 4) is 0 Å². The number of rotatable bonds is 6. The Hall–Kier alpha value is -2.85. The Morgan fingerprint density at radius 2 is 1.59 bits per heavy atom. The molecule has 3 aromatic rings. The van der Waals surface area contributed by atoms with Crippen molar-refractivity contribution >= 4 is 5.91 Å². The van der Waals surface area contributed by atoms with E-state index < -0.39 is 0 Å². The van der Waals surface area contributed by atoms with Crippen molar-refractivity contribution in [1.29, 1.82) is 0 Å². The van der Waals surface area contributed by atoms with E-state index in [0.29, 0.717) is 13.1 Å². The minimum absolute atomic E-state index is 0.124. The van der Waals surface area contributed by atoms with Crippen molar-refractivity contribution in [3.05, 3.63) is 95.3 Å². The molecule has 0 saturated carbocycles. The molecule has 0 N–H and O–H groups in total. The van der Waals surface area contributed by atoms with Gasteiger partial charge in [0.15, 0.2) is 0 Å². The second kappa shape index (κ2) is 9.10. The van der Waals surface area contributed by atoms with E-state index in [1.54, 1.807) is 0 Å². The fourth-order valence-corrected chi connectivity index (χ4v) is 4.13. The molecule has 1 aliphatic rings. The Morgan fingerprint density at radius 3 is 2.28 bits per heavy atom. The monoisotopic (exact) mass is 387 g/mol. The number of carbonyl (C=O) groups is 1. The number of nitrogens with zero attached hydrogens (tertiary/aromatic N) is 3. The van der Waals surface area contributed by atoms with Crippen LogP contribution in [0.4, 0.5) is 0 Å². The van der Waals surface area contributed by atoms with Crippen LogP contribution in [-0.2, 0) is 26.2 Å². The Balaban J connectivity index is 1.49. The summed E-state index contributed by atoms with van der Waals surface area (Å²) in [5.41, 5.74) is 4.56. The summed E-state index contributed by atoms with van der Waals surface area (Å²) < 4.78 is 2.24. The Labute approximate surface area is 173 Å². The Bertz CT molecular complexity index is 933. The number of carbonyl (C=O) groups excluding carboxylic acids is 1. The highest BCUT2D eigenvalue weighted by atomic mass is 16.2. The van der Waals surface area contributed by atoms with E-state index in [1.165, 1.54) is 16.8 Å². The maximum atomic E-state index is 13.3. The van der Waals surface area contributed by atoms with Crippen LogP contribution in [0, 0.1) is 0 Å². The fraction of sp³-hybridized carbons (Fsp3) is 0.320. The number of benzene rings is 2. The van der Waals surface area contributed by atoms with Crippen LogP contribution in [0.5, 0.6) is 0 Å². The molecule has 0 bridgehead atoms. The number of hydrogen-bond donors (Lipinski definition) is 0. The first-order valence-electron chi connectivity index (χ1n) is 10.5. The number of aromatic nitrogens is 1. The smallest absolute Gasteiger partial charge is 0.270 e. The van der Waals surface area contributed by atoms with E-state index in [0.717, 1.165) is 38.3 Å². The predicted molar refractivity (Wildman–Crippen MR) is 116 cm³/mol. The zero-order chi connectivity index (χ0) is 20.1. The highest BCUT2D eigenvalue weighted by Crippen LogP contribution is 2.20. The maximum Gasteiger partial charge on any atom is 0.270 e. The summed E-state index contributed by atoms with van der Waals surface area (Å²) in [6, 6.07) is 25.0. The van der Waals surface area contributed by atoms with Gasteiger partial charge in [0.25, 0.3) is 5.91 Å². The summed E-state index contributed by atoms with van der Waals surface area (Å²) in [7, 11) is 0. The van der Waals surface area contributed by atoms with Gasteiger partial charge in [-0.1, -0.05) is 60.7 Å². The summed E-state index contributed by atoms with van der Waals surface area (Å²) in [6.07, 6.45) is 1.06. The SMILES string of the molecule is CCN(Cc1ccccc1)C(=O)c1ccc2n1CCCN(Cc1ccccc1)C2. The third-order valence-corrected chi connectivity index (χ3v) is 5.67. The van der Waals surface area contributed by atoms with Gasteiger partial charge in [-0.2, -0.15) is 0 Å². The van der Waals surface area contributed by atoms with Crippen LogP contribution in [0.25, 0.3) is 0 Å². The van der Waals surface area contributed by atoms with Crippen LogP contribution in [0.3, 0.4) is 0 Å². The van der Waals surface area contributed by atoms with Crippen molar-refractivity contribution in [2.24, 2.45) is 0 Å². The molecule has 4 rings (SSSR count). The predicted octanol–water partition coefficient (Wildman–Crippen LogP) is 4.56. The molecular weight excluding hydrogens is 358 g/mol. The second-order valence-electron chi connectivity index (χ2n) is 7.72. The van der Waals surface area contributed by atoms with Gasteiger partial charge in [-0.3, -0.25) is 9.69 Å². The van der Waals surface area contributed by atoms with Gasteiger partial charge < -0.3 is 9.47 Å². The normalized spacial score (nSPS) is 14.2. The first kappa shape index (κ1) is 19.5. The van der Waals surface area contributed by atoms with Crippen LogP contribution in [-0.4, -0.2) is 33.4 Å². The maximum absolute atomic E-state index is 13.3. The molecule has 0 saturated heterocycles. The summed E-state index contributed by atoms with van der Waals surface area (Å²) in [6.45, 7) is 7.18. The number of amides is 1. The highest BCUT2D eigenvalue weighted by Gasteiger charge is 2.23. The van der Waals surface area contributed by atoms with Crippen LogP contribution < -0.4 is 0 Å². The minimum atomic E-state index is 0.124. The van der Waals surface area contributed by atoms with Gasteiger partial charge in [0.05, 0.1) is 0 Å². The first-order valence-corrected chi connectivity index (χ1v) is 10.5. The van der Waals surface area contributed by atoms with Gasteiger partial charge in [-0.25, -0.2) is 0 Å². The molecule has 0 fully saturated rings. The van der Waals surface area contributed by atoms with Gasteiger partial charge >= 0.3 is 0 Å². The lowest BCUT2D eigenvalue weighted by atomic mass is 10.2. The third kappa shape index (κ3) is 4.60. The molecule has 0 aliphatic carbocycles. The average molecular weight is 388 g/mol. The van der Waals surface area contributed by atoms with Gasteiger partial charge in [0, 0.05) is 45.0 Å². The van der Waals surface area contributed by atoms with Crippen molar-refractivity contribution in [3.63, 3.8) is 0 Å². The average Bonchev–Trinajstić information content (AvgIpc) is 3.04. The molecule has 1 aromatic heterocycles. The lowest BCUT2D eigenvalue weighted by Crippen LogP contribution is -2.32. The van der Waals surface area contributed by atoms with Crippen molar-refractivity contribution < 1.29 is 4.79 Å². The molecule has 29 heavy (non-hydrogen) atoms. The fourth-order valence-electron chi connectivity index (χ4n) is 4.13. The lowest BCUT2D eigenvalue weighted by molar-refractivity contribution is 0.0741. The van der Waals surface area contributed by atoms with Gasteiger partial charge in [-0.05, 0) is 36.6 Å². The van der Waals surface area contributed by atoms with E-state index in [1.807, 2.05) is 29.2 Å². The standard InChI is InChI=1S/C25H29N3O/c1-2-27(19-22-12-7-4-8-13-22)25(29)24-15-14-23-20-26(16-9-17-28(23)24)18-21-10-5-3-6-11-21/h3-8,10-15H,2,9,16-20H2,1H3. The molecule has 2 heterocycles. The van der Waals surface area contributed by atoms with Crippen molar-refractivity contribution in [1.82, 2.24) is 14.4 Å². The molecule has 4 heteroatoms. The molecule has 0 radical (unpaired) electrons. The highest BCUT2D eigenvalue weighted by molar-refractivity contribution is 5.93. The van der Waals surface area contributed by atoms with Crippen LogP contribution in [0.15, 0.2) is 72.8 Å². The van der Waals surface area contributed by atoms with Gasteiger partial charge in [-0.15, -0.1) is 0 Å². The summed E-state index contributed by atoms with van der Waals surface area (Å²) >= 11 is 0. The molecule has 1 aliphatic heterocycles. The molecule has 150 valence electrons. The topological polar surface area (TPSA) is 28.5 Å². The van der Waals surface area contributed by atoms with E-state index in [4.69, 9.17) is 0 Å². The molecule has 0 unspecified atom stereocenters. The zero-order valence-electron chi connectivity index (χ0n) is 17.1. The molecule has 0 spiro atoms. The Kier molecular flexibility index (Phi) is 6.11. The molecule has 2 aromatic carbocycles. The Morgan fingerprint density at radius 1 is 0.897 bits per heavy atom. The van der Waals surface area contributed by atoms with Crippen LogP contribution in [0.2, 0.25) is 0 Å². The van der Waals surface area contributed by atoms with Crippen LogP contribution >= 0.6 is 0 Å². The number of fused-ring (bicyclic) bond motifs is 1. The lowest BCUT2D eigenvalue weighted by Gasteiger charge is -2.22. The van der Waals surface area contributed by atoms with E-state index >= 15 is 0 Å². The molecule has 4 nitrogen and oxygen atoms in total.